The summed E-state index contributed by atoms with van der Waals surface area (Å²) in [6.07, 6.45) is 4.34. The van der Waals surface area contributed by atoms with Gasteiger partial charge in [0.05, 0.1) is 5.69 Å². The molecule has 1 nitrogen and oxygen atoms in total. The predicted molar refractivity (Wildman–Crippen MR) is 91.5 cm³/mol. The van der Waals surface area contributed by atoms with Gasteiger partial charge in [-0.3, -0.25) is 4.98 Å². The lowest BCUT2D eigenvalue weighted by molar-refractivity contribution is 0.614. The van der Waals surface area contributed by atoms with E-state index in [9.17, 15) is 0 Å². The molecule has 0 aliphatic heterocycles. The van der Waals surface area contributed by atoms with Crippen LogP contribution < -0.4 is 0 Å². The lowest BCUT2D eigenvalue weighted by Crippen LogP contribution is -2.05. The van der Waals surface area contributed by atoms with Gasteiger partial charge in [-0.25, -0.2) is 0 Å². The zero-order valence-corrected chi connectivity index (χ0v) is 14.0. The van der Waals surface area contributed by atoms with Crippen LogP contribution in [-0.2, 0) is 12.8 Å². The number of aromatic nitrogens is 1. The molecule has 0 spiro atoms. The third-order valence-electron chi connectivity index (χ3n) is 3.76. The van der Waals surface area contributed by atoms with E-state index in [1.165, 1.54) is 22.3 Å². The second-order valence-corrected chi connectivity index (χ2v) is 6.85. The van der Waals surface area contributed by atoms with Crippen molar-refractivity contribution in [2.24, 2.45) is 11.8 Å². The molecule has 1 heteroatoms. The molecule has 2 aromatic rings. The Kier molecular flexibility index (Phi) is 5.17. The quantitative estimate of drug-likeness (QED) is 0.709. The first kappa shape index (κ1) is 15.8. The Balaban J connectivity index is 2.43. The fraction of sp³-hybridized carbons (Fsp3) is 0.450. The van der Waals surface area contributed by atoms with Crippen LogP contribution in [0.4, 0.5) is 0 Å². The maximum Gasteiger partial charge on any atom is 0.0707 e. The fourth-order valence-electron chi connectivity index (χ4n) is 2.79. The molecule has 1 aromatic carbocycles. The van der Waals surface area contributed by atoms with Gasteiger partial charge in [-0.1, -0.05) is 52.0 Å². The van der Waals surface area contributed by atoms with Crippen LogP contribution >= 0.6 is 0 Å². The zero-order chi connectivity index (χ0) is 15.4. The Bertz CT molecular complexity index is 597. The van der Waals surface area contributed by atoms with Crippen LogP contribution in [0, 0.1) is 18.8 Å². The molecular formula is C20H27N. The van der Waals surface area contributed by atoms with Crippen molar-refractivity contribution in [3.8, 4) is 11.3 Å². The van der Waals surface area contributed by atoms with E-state index in [-0.39, 0.29) is 0 Å². The SMILES string of the molecule is Cc1ccccc1-c1cc(CC(C)C)c(CC(C)C)cn1. The normalized spacial score (nSPS) is 11.4. The summed E-state index contributed by atoms with van der Waals surface area (Å²) in [5, 5.41) is 0. The molecule has 0 saturated heterocycles. The number of benzene rings is 1. The number of hydrogen-bond acceptors (Lipinski definition) is 1. The number of hydrogen-bond donors (Lipinski definition) is 0. The molecule has 2 rings (SSSR count). The first-order valence-electron chi connectivity index (χ1n) is 8.01. The molecule has 21 heavy (non-hydrogen) atoms. The summed E-state index contributed by atoms with van der Waals surface area (Å²) in [6.45, 7) is 11.3. The molecule has 0 N–H and O–H groups in total. The van der Waals surface area contributed by atoms with Crippen molar-refractivity contribution in [3.63, 3.8) is 0 Å². The van der Waals surface area contributed by atoms with Gasteiger partial charge in [-0.05, 0) is 54.4 Å². The monoisotopic (exact) mass is 281 g/mol. The van der Waals surface area contributed by atoms with Crippen molar-refractivity contribution in [3.05, 3.63) is 53.2 Å². The second kappa shape index (κ2) is 6.89. The Hall–Kier alpha value is -1.63. The summed E-state index contributed by atoms with van der Waals surface area (Å²) in [6, 6.07) is 10.8. The number of aryl methyl sites for hydroxylation is 1. The highest BCUT2D eigenvalue weighted by atomic mass is 14.7. The highest BCUT2D eigenvalue weighted by molar-refractivity contribution is 5.64. The molecular weight excluding hydrogens is 254 g/mol. The molecule has 1 heterocycles. The van der Waals surface area contributed by atoms with Crippen LogP contribution in [0.1, 0.15) is 44.4 Å². The minimum atomic E-state index is 0.669. The van der Waals surface area contributed by atoms with Crippen molar-refractivity contribution in [2.45, 2.75) is 47.5 Å². The largest absolute Gasteiger partial charge is 0.256 e. The number of rotatable bonds is 5. The molecule has 112 valence electrons. The van der Waals surface area contributed by atoms with Crippen molar-refractivity contribution >= 4 is 0 Å². The molecule has 0 bridgehead atoms. The van der Waals surface area contributed by atoms with Gasteiger partial charge in [0.25, 0.3) is 0 Å². The standard InChI is InChI=1S/C20H27N/c1-14(2)10-17-12-20(19-9-7-6-8-16(19)5)21-13-18(17)11-15(3)4/h6-9,12-15H,10-11H2,1-5H3. The third kappa shape index (κ3) is 4.17. The van der Waals surface area contributed by atoms with Gasteiger partial charge in [-0.2, -0.15) is 0 Å². The van der Waals surface area contributed by atoms with E-state index < -0.39 is 0 Å². The molecule has 0 amide bonds. The van der Waals surface area contributed by atoms with E-state index >= 15 is 0 Å². The summed E-state index contributed by atoms with van der Waals surface area (Å²) in [4.78, 5) is 4.73. The van der Waals surface area contributed by atoms with E-state index in [1.54, 1.807) is 0 Å². The van der Waals surface area contributed by atoms with Crippen LogP contribution in [0.5, 0.6) is 0 Å². The first-order chi connectivity index (χ1) is 9.97. The smallest absolute Gasteiger partial charge is 0.0707 e. The van der Waals surface area contributed by atoms with Crippen LogP contribution in [0.25, 0.3) is 11.3 Å². The molecule has 0 fully saturated rings. The van der Waals surface area contributed by atoms with Crippen LogP contribution in [0.3, 0.4) is 0 Å². The summed E-state index contributed by atoms with van der Waals surface area (Å²) < 4.78 is 0. The maximum absolute atomic E-state index is 4.73. The number of pyridine rings is 1. The van der Waals surface area contributed by atoms with E-state index in [1.807, 2.05) is 0 Å². The highest BCUT2D eigenvalue weighted by Crippen LogP contribution is 2.25. The molecule has 0 radical (unpaired) electrons. The zero-order valence-electron chi connectivity index (χ0n) is 14.0. The maximum atomic E-state index is 4.73. The predicted octanol–water partition coefficient (Wildman–Crippen LogP) is 5.45. The van der Waals surface area contributed by atoms with E-state index in [4.69, 9.17) is 4.98 Å². The van der Waals surface area contributed by atoms with Crippen molar-refractivity contribution in [1.82, 2.24) is 4.98 Å². The molecule has 0 aliphatic rings. The summed E-state index contributed by atoms with van der Waals surface area (Å²) in [7, 11) is 0. The van der Waals surface area contributed by atoms with Gasteiger partial charge >= 0.3 is 0 Å². The summed E-state index contributed by atoms with van der Waals surface area (Å²) in [5.74, 6) is 1.34. The molecule has 0 aliphatic carbocycles. The van der Waals surface area contributed by atoms with Gasteiger partial charge in [-0.15, -0.1) is 0 Å². The first-order valence-corrected chi connectivity index (χ1v) is 8.01. The third-order valence-corrected chi connectivity index (χ3v) is 3.76. The van der Waals surface area contributed by atoms with E-state index in [0.29, 0.717) is 11.8 Å². The average Bonchev–Trinajstić information content (AvgIpc) is 2.40. The molecule has 0 unspecified atom stereocenters. The fourth-order valence-corrected chi connectivity index (χ4v) is 2.79. The van der Waals surface area contributed by atoms with Crippen molar-refractivity contribution in [1.29, 1.82) is 0 Å². The molecule has 1 aromatic heterocycles. The average molecular weight is 281 g/mol. The summed E-state index contributed by atoms with van der Waals surface area (Å²) in [5.41, 5.74) is 6.52. The Morgan fingerprint density at radius 3 is 2.14 bits per heavy atom. The number of nitrogens with zero attached hydrogens (tertiary/aromatic N) is 1. The van der Waals surface area contributed by atoms with Gasteiger partial charge in [0.1, 0.15) is 0 Å². The highest BCUT2D eigenvalue weighted by Gasteiger charge is 2.11. The van der Waals surface area contributed by atoms with Gasteiger partial charge in [0.2, 0.25) is 0 Å². The molecule has 0 saturated carbocycles. The van der Waals surface area contributed by atoms with Crippen LogP contribution in [0.2, 0.25) is 0 Å². The van der Waals surface area contributed by atoms with Crippen molar-refractivity contribution in [2.75, 3.05) is 0 Å². The van der Waals surface area contributed by atoms with Crippen LogP contribution in [-0.4, -0.2) is 4.98 Å². The Morgan fingerprint density at radius 1 is 0.905 bits per heavy atom. The second-order valence-electron chi connectivity index (χ2n) is 6.85. The van der Waals surface area contributed by atoms with Crippen LogP contribution in [0.15, 0.2) is 36.5 Å². The lowest BCUT2D eigenvalue weighted by atomic mass is 9.92. The minimum absolute atomic E-state index is 0.669. The van der Waals surface area contributed by atoms with Crippen molar-refractivity contribution < 1.29 is 0 Å². The Labute approximate surface area is 129 Å². The Morgan fingerprint density at radius 2 is 1.52 bits per heavy atom. The van der Waals surface area contributed by atoms with E-state index in [2.05, 4.69) is 71.1 Å². The van der Waals surface area contributed by atoms with Gasteiger partial charge in [0, 0.05) is 11.8 Å². The lowest BCUT2D eigenvalue weighted by Gasteiger charge is -2.15. The summed E-state index contributed by atoms with van der Waals surface area (Å²) >= 11 is 0. The molecule has 0 atom stereocenters. The van der Waals surface area contributed by atoms with Gasteiger partial charge < -0.3 is 0 Å². The topological polar surface area (TPSA) is 12.9 Å². The van der Waals surface area contributed by atoms with Gasteiger partial charge in [0.15, 0.2) is 0 Å². The van der Waals surface area contributed by atoms with E-state index in [0.717, 1.165) is 18.5 Å². The minimum Gasteiger partial charge on any atom is -0.256 e.